The van der Waals surface area contributed by atoms with Gasteiger partial charge in [0, 0.05) is 5.25 Å². The first-order valence-corrected chi connectivity index (χ1v) is 20.6. The summed E-state index contributed by atoms with van der Waals surface area (Å²) in [5, 5.41) is 9.92. The summed E-state index contributed by atoms with van der Waals surface area (Å²) in [5.74, 6) is -1.03. The molecule has 0 amide bonds. The van der Waals surface area contributed by atoms with Crippen molar-refractivity contribution in [3.63, 3.8) is 0 Å². The molecule has 162 valence electrons. The van der Waals surface area contributed by atoms with E-state index < -0.39 is 31.0 Å². The molecule has 0 aliphatic carbocycles. The molecule has 2 nitrogen and oxygen atoms in total. The molecule has 0 aromatic heterocycles. The van der Waals surface area contributed by atoms with Crippen molar-refractivity contribution in [3.8, 4) is 0 Å². The average Bonchev–Trinajstić information content (AvgIpc) is 2.60. The molecule has 4 heteroatoms. The quantitative estimate of drug-likeness (QED) is 0.123. The monoisotopic (exact) mass is 508 g/mol. The molecule has 0 N–H and O–H groups in total. The molecule has 1 atom stereocenters. The Bertz CT molecular complexity index is 295. The molecule has 0 bridgehead atoms. The zero-order valence-corrected chi connectivity index (χ0v) is 22.6. The summed E-state index contributed by atoms with van der Waals surface area (Å²) in [7, 11) is 0. The van der Waals surface area contributed by atoms with E-state index in [9.17, 15) is 9.90 Å². The summed E-state index contributed by atoms with van der Waals surface area (Å²) < 4.78 is 0. The molecule has 27 heavy (non-hydrogen) atoms. The van der Waals surface area contributed by atoms with Gasteiger partial charge in [-0.1, -0.05) is 110 Å². The predicted molar refractivity (Wildman–Crippen MR) is 125 cm³/mol. The van der Waals surface area contributed by atoms with Gasteiger partial charge in [0.05, 0.1) is 5.97 Å². The minimum absolute atomic E-state index is 0.543. The molecule has 0 fully saturated rings. The Morgan fingerprint density at radius 2 is 0.963 bits per heavy atom. The zero-order valence-electron chi connectivity index (χ0n) is 18.9. The maximum atomic E-state index is 10.5. The normalized spacial score (nSPS) is 11.6. The number of carboxylic acids is 1. The van der Waals surface area contributed by atoms with E-state index in [1.165, 1.54) is 89.9 Å². The SMILES string of the molecule is CCCCCCCCCCCCCCCCCCC(S)C(=O)[O-].[CH3][Sn+]([CH3])[CH3]. The number of carbonyl (C=O) groups excluding carboxylic acids is 1. The van der Waals surface area contributed by atoms with E-state index in [0.29, 0.717) is 6.42 Å². The third-order valence-electron chi connectivity index (χ3n) is 4.60. The van der Waals surface area contributed by atoms with E-state index in [1.807, 2.05) is 0 Å². The Balaban J connectivity index is 0. The molecule has 0 spiro atoms. The molecular formula is C23H48O2SSn. The fourth-order valence-electron chi connectivity index (χ4n) is 3.00. The van der Waals surface area contributed by atoms with E-state index >= 15 is 0 Å². The Morgan fingerprint density at radius 3 is 1.22 bits per heavy atom. The first-order chi connectivity index (χ1) is 12.9. The van der Waals surface area contributed by atoms with Crippen LogP contribution in [0.2, 0.25) is 14.8 Å². The number of rotatable bonds is 18. The molecule has 1 unspecified atom stereocenters. The van der Waals surface area contributed by atoms with Crippen LogP contribution in [0.25, 0.3) is 0 Å². The number of carbonyl (C=O) groups is 1. The van der Waals surface area contributed by atoms with Crippen LogP contribution in [-0.2, 0) is 4.79 Å². The standard InChI is InChI=1S/C20H40O2S.3CH3.Sn/c1-2-3-4-5-6-7-8-9-10-11-12-13-14-15-16-17-18-19(23)20(21)22;;;;/h19,23H,2-18H2,1H3,(H,21,22);3*1H3;/q;;;;+1/p-1. The van der Waals surface area contributed by atoms with E-state index in [-0.39, 0.29) is 0 Å². The van der Waals surface area contributed by atoms with Crippen LogP contribution in [0.5, 0.6) is 0 Å². The van der Waals surface area contributed by atoms with Gasteiger partial charge in [-0.15, -0.1) is 0 Å². The fourth-order valence-corrected chi connectivity index (χ4v) is 3.19. The second-order valence-corrected chi connectivity index (χ2v) is 17.6. The first kappa shape index (κ1) is 29.8. The van der Waals surface area contributed by atoms with Crippen LogP contribution in [0.15, 0.2) is 0 Å². The van der Waals surface area contributed by atoms with Crippen molar-refractivity contribution < 1.29 is 9.90 Å². The molecule has 0 radical (unpaired) electrons. The summed E-state index contributed by atoms with van der Waals surface area (Å²) >= 11 is 3.45. The van der Waals surface area contributed by atoms with Crippen LogP contribution in [0.3, 0.4) is 0 Å². The molecule has 0 aliphatic heterocycles. The summed E-state index contributed by atoms with van der Waals surface area (Å²) in [6.07, 6.45) is 22.1. The van der Waals surface area contributed by atoms with Crippen molar-refractivity contribution in [2.24, 2.45) is 0 Å². The Morgan fingerprint density at radius 1 is 0.704 bits per heavy atom. The first-order valence-electron chi connectivity index (χ1n) is 11.6. The maximum absolute atomic E-state index is 10.5. The third kappa shape index (κ3) is 31.5. The number of hydrogen-bond acceptors (Lipinski definition) is 3. The number of hydrogen-bond donors (Lipinski definition) is 1. The summed E-state index contributed by atoms with van der Waals surface area (Å²) in [6, 6.07) is 0. The minimum atomic E-state index is -1.03. The summed E-state index contributed by atoms with van der Waals surface area (Å²) in [5.41, 5.74) is 0. The molecule has 0 aromatic rings. The van der Waals surface area contributed by atoms with Gasteiger partial charge >= 0.3 is 34.6 Å². The van der Waals surface area contributed by atoms with Gasteiger partial charge in [0.15, 0.2) is 0 Å². The second-order valence-electron chi connectivity index (χ2n) is 8.43. The molecule has 0 aliphatic rings. The fraction of sp³-hybridized carbons (Fsp3) is 0.957. The molecule has 0 aromatic carbocycles. The van der Waals surface area contributed by atoms with Crippen molar-refractivity contribution in [2.75, 3.05) is 0 Å². The van der Waals surface area contributed by atoms with Gasteiger partial charge in [0.1, 0.15) is 0 Å². The van der Waals surface area contributed by atoms with Gasteiger partial charge < -0.3 is 9.90 Å². The molecule has 0 saturated heterocycles. The Labute approximate surface area is 183 Å². The van der Waals surface area contributed by atoms with E-state index in [4.69, 9.17) is 0 Å². The number of unbranched alkanes of at least 4 members (excludes halogenated alkanes) is 15. The van der Waals surface area contributed by atoms with Crippen LogP contribution < -0.4 is 5.11 Å². The van der Waals surface area contributed by atoms with Crippen LogP contribution in [0, 0.1) is 0 Å². The van der Waals surface area contributed by atoms with Crippen LogP contribution in [-0.4, -0.2) is 31.0 Å². The van der Waals surface area contributed by atoms with E-state index in [1.54, 1.807) is 0 Å². The van der Waals surface area contributed by atoms with Crippen molar-refractivity contribution in [1.29, 1.82) is 0 Å². The Kier molecular flexibility index (Phi) is 27.2. The number of thiol groups is 1. The predicted octanol–water partition coefficient (Wildman–Crippen LogP) is 7.06. The number of carboxylic acid groups (broad SMARTS) is 1. The summed E-state index contributed by atoms with van der Waals surface area (Å²) in [6.45, 7) is 2.27. The second kappa shape index (κ2) is 24.7. The van der Waals surface area contributed by atoms with Crippen molar-refractivity contribution in [3.05, 3.63) is 0 Å². The Hall–Kier alpha value is 0.619. The topological polar surface area (TPSA) is 40.1 Å². The molecular weight excluding hydrogens is 459 g/mol. The molecule has 0 saturated carbocycles. The van der Waals surface area contributed by atoms with Gasteiger partial charge in [0.2, 0.25) is 0 Å². The van der Waals surface area contributed by atoms with Crippen molar-refractivity contribution in [1.82, 2.24) is 0 Å². The van der Waals surface area contributed by atoms with E-state index in [0.717, 1.165) is 12.8 Å². The van der Waals surface area contributed by atoms with Crippen LogP contribution in [0.1, 0.15) is 116 Å². The third-order valence-corrected chi connectivity index (χ3v) is 5.07. The van der Waals surface area contributed by atoms with Crippen LogP contribution >= 0.6 is 12.6 Å². The van der Waals surface area contributed by atoms with Gasteiger partial charge in [0.25, 0.3) is 0 Å². The molecule has 0 rings (SSSR count). The van der Waals surface area contributed by atoms with Gasteiger partial charge in [-0.3, -0.25) is 0 Å². The van der Waals surface area contributed by atoms with Gasteiger partial charge in [-0.2, -0.15) is 12.6 Å². The van der Waals surface area contributed by atoms with Crippen molar-refractivity contribution >= 4 is 38.4 Å². The van der Waals surface area contributed by atoms with Gasteiger partial charge in [-0.05, 0) is 6.42 Å². The van der Waals surface area contributed by atoms with Crippen molar-refractivity contribution in [2.45, 2.75) is 136 Å². The van der Waals surface area contributed by atoms with Crippen LogP contribution in [0.4, 0.5) is 0 Å². The van der Waals surface area contributed by atoms with E-state index in [2.05, 4.69) is 34.4 Å². The summed E-state index contributed by atoms with van der Waals surface area (Å²) in [4.78, 5) is 17.6. The zero-order chi connectivity index (χ0) is 20.8. The van der Waals surface area contributed by atoms with Gasteiger partial charge in [-0.25, -0.2) is 0 Å². The average molecular weight is 507 g/mol. The number of aliphatic carboxylic acids is 1. The molecule has 0 heterocycles.